The van der Waals surface area contributed by atoms with Gasteiger partial charge in [-0.3, -0.25) is 24.8 Å². The quantitative estimate of drug-likeness (QED) is 0.137. The van der Waals surface area contributed by atoms with E-state index in [1.165, 1.54) is 11.3 Å². The first-order valence-electron chi connectivity index (χ1n) is 17.4. The number of aryl methyl sites for hydroxylation is 1. The predicted octanol–water partition coefficient (Wildman–Crippen LogP) is 5.23. The molecule has 4 heterocycles. The Bertz CT molecular complexity index is 2070. The first-order valence-corrected chi connectivity index (χ1v) is 17.4. The van der Waals surface area contributed by atoms with E-state index in [1.807, 2.05) is 30.5 Å². The number of nitrogens with one attached hydrogen (secondary N) is 4. The Morgan fingerprint density at radius 2 is 1.59 bits per heavy atom. The summed E-state index contributed by atoms with van der Waals surface area (Å²) in [7, 11) is 5.02. The fraction of sp³-hybridized carbons (Fsp3) is 0.333. The van der Waals surface area contributed by atoms with Crippen LogP contribution < -0.4 is 35.9 Å². The first kappa shape index (κ1) is 33.7. The number of H-pyrrole nitrogens is 1. The van der Waals surface area contributed by atoms with Crippen LogP contribution in [0.5, 0.6) is 11.5 Å². The summed E-state index contributed by atoms with van der Waals surface area (Å²) in [5.41, 5.74) is 7.33. The van der Waals surface area contributed by atoms with E-state index in [9.17, 15) is 14.4 Å². The van der Waals surface area contributed by atoms with Gasteiger partial charge in [0.2, 0.25) is 11.8 Å². The average Bonchev–Trinajstić information content (AvgIpc) is 3.65. The molecule has 2 aliphatic rings. The summed E-state index contributed by atoms with van der Waals surface area (Å²) < 4.78 is 13.2. The van der Waals surface area contributed by atoms with Crippen LogP contribution in [-0.4, -0.2) is 59.9 Å². The number of hydrogen-bond acceptors (Lipinski definition) is 9. The number of rotatable bonds is 11. The molecule has 2 saturated heterocycles. The number of imide groups is 1. The van der Waals surface area contributed by atoms with Gasteiger partial charge in [0.15, 0.2) is 0 Å². The number of benzene rings is 3. The number of aromatic amines is 1. The minimum Gasteiger partial charge on any atom is -0.496 e. The maximum absolute atomic E-state index is 12.6. The van der Waals surface area contributed by atoms with Crippen molar-refractivity contribution in [2.24, 2.45) is 13.0 Å². The number of piperidine rings is 2. The maximum Gasteiger partial charge on any atom is 0.276 e. The van der Waals surface area contributed by atoms with Crippen LogP contribution in [0.1, 0.15) is 36.8 Å². The number of methoxy groups -OCH3 is 2. The normalized spacial score (nSPS) is 16.6. The van der Waals surface area contributed by atoms with Crippen molar-refractivity contribution >= 4 is 39.8 Å². The Morgan fingerprint density at radius 1 is 0.902 bits per heavy atom. The Hall–Kier alpha value is -5.78. The van der Waals surface area contributed by atoms with Crippen molar-refractivity contribution in [1.82, 2.24) is 20.1 Å². The summed E-state index contributed by atoms with van der Waals surface area (Å²) in [6.07, 6.45) is 7.63. The van der Waals surface area contributed by atoms with Crippen LogP contribution in [0.25, 0.3) is 22.0 Å². The van der Waals surface area contributed by atoms with Gasteiger partial charge in [0, 0.05) is 67.3 Å². The Kier molecular flexibility index (Phi) is 9.65. The average molecular weight is 690 g/mol. The molecule has 1 unspecified atom stereocenters. The highest BCUT2D eigenvalue weighted by Crippen LogP contribution is 2.37. The number of carbonyl (C=O) groups excluding carboxylic acids is 2. The molecule has 12 nitrogen and oxygen atoms in total. The zero-order valence-corrected chi connectivity index (χ0v) is 29.1. The molecule has 2 aromatic heterocycles. The molecule has 0 radical (unpaired) electrons. The molecule has 0 spiro atoms. The molecule has 0 bridgehead atoms. The molecule has 51 heavy (non-hydrogen) atoms. The summed E-state index contributed by atoms with van der Waals surface area (Å²) in [4.78, 5) is 38.5. The molecule has 4 N–H and O–H groups in total. The van der Waals surface area contributed by atoms with Crippen LogP contribution in [0.15, 0.2) is 77.9 Å². The van der Waals surface area contributed by atoms with Crippen LogP contribution >= 0.6 is 0 Å². The van der Waals surface area contributed by atoms with Gasteiger partial charge < -0.3 is 29.6 Å². The second-order valence-corrected chi connectivity index (χ2v) is 13.4. The van der Waals surface area contributed by atoms with Crippen molar-refractivity contribution in [1.29, 1.82) is 0 Å². The van der Waals surface area contributed by atoms with Crippen LogP contribution in [-0.2, 0) is 29.6 Å². The summed E-state index contributed by atoms with van der Waals surface area (Å²) >= 11 is 0. The van der Waals surface area contributed by atoms with Crippen LogP contribution in [0.4, 0.5) is 17.1 Å². The SMILES string of the molecule is COc1cc(-c2cn(C)c(=O)c3[nH]ncc23)cc(OC)c1CNc1ccc(CC2CCN(c3ccc(NC4CCC(=O)NC4=O)cc3)CC2)cc1. The van der Waals surface area contributed by atoms with Gasteiger partial charge in [0.25, 0.3) is 5.56 Å². The van der Waals surface area contributed by atoms with E-state index in [1.54, 1.807) is 32.0 Å². The smallest absolute Gasteiger partial charge is 0.276 e. The van der Waals surface area contributed by atoms with Crippen LogP contribution in [0.3, 0.4) is 0 Å². The maximum atomic E-state index is 12.6. The number of anilines is 3. The second kappa shape index (κ2) is 14.6. The molecule has 5 aromatic rings. The van der Waals surface area contributed by atoms with Gasteiger partial charge in [-0.25, -0.2) is 0 Å². The van der Waals surface area contributed by atoms with Crippen molar-refractivity contribution in [2.75, 3.05) is 42.8 Å². The number of carbonyl (C=O) groups is 2. The number of pyridine rings is 1. The molecule has 7 rings (SSSR count). The highest BCUT2D eigenvalue weighted by atomic mass is 16.5. The van der Waals surface area contributed by atoms with Gasteiger partial charge in [-0.05, 0) is 91.3 Å². The lowest BCUT2D eigenvalue weighted by Crippen LogP contribution is -2.47. The fourth-order valence-corrected chi connectivity index (χ4v) is 7.17. The Morgan fingerprint density at radius 3 is 2.25 bits per heavy atom. The number of ether oxygens (including phenoxy) is 2. The zero-order valence-electron chi connectivity index (χ0n) is 29.1. The second-order valence-electron chi connectivity index (χ2n) is 13.4. The number of hydrogen-bond donors (Lipinski definition) is 4. The standard InChI is InChI=1S/C39H43N7O5/c1-45-23-32(30-22-41-44-37(30)39(45)49)26-19-34(50-2)31(35(20-26)51-3)21-40-27-6-4-24(5-7-27)18-25-14-16-46(17-15-25)29-10-8-28(9-11-29)42-33-12-13-36(47)43-38(33)48/h4-11,19-20,22-23,25,33,40,42H,12-18,21H2,1-3H3,(H,41,44)(H,43,47,48). The molecule has 264 valence electrons. The third-order valence-corrected chi connectivity index (χ3v) is 10.1. The van der Waals surface area contributed by atoms with Crippen LogP contribution in [0.2, 0.25) is 0 Å². The summed E-state index contributed by atoms with van der Waals surface area (Å²) in [6.45, 7) is 2.51. The van der Waals surface area contributed by atoms with E-state index in [-0.39, 0.29) is 23.4 Å². The van der Waals surface area contributed by atoms with Gasteiger partial charge >= 0.3 is 0 Å². The van der Waals surface area contributed by atoms with E-state index < -0.39 is 0 Å². The molecule has 2 aliphatic heterocycles. The number of fused-ring (bicyclic) bond motifs is 1. The van der Waals surface area contributed by atoms with Gasteiger partial charge in [-0.2, -0.15) is 5.10 Å². The van der Waals surface area contributed by atoms with Crippen molar-refractivity contribution < 1.29 is 19.1 Å². The van der Waals surface area contributed by atoms with Crippen LogP contribution in [0, 0.1) is 5.92 Å². The molecule has 2 fully saturated rings. The number of nitrogens with zero attached hydrogens (tertiary/aromatic N) is 3. The van der Waals surface area contributed by atoms with Gasteiger partial charge in [0.1, 0.15) is 23.1 Å². The van der Waals surface area contributed by atoms with E-state index in [4.69, 9.17) is 9.47 Å². The first-order chi connectivity index (χ1) is 24.8. The van der Waals surface area contributed by atoms with Crippen molar-refractivity contribution in [3.05, 3.63) is 94.5 Å². The molecular weight excluding hydrogens is 646 g/mol. The third kappa shape index (κ3) is 7.26. The van der Waals surface area contributed by atoms with Crippen molar-refractivity contribution in [2.45, 2.75) is 44.7 Å². The molecule has 0 saturated carbocycles. The van der Waals surface area contributed by atoms with E-state index in [0.717, 1.165) is 65.8 Å². The summed E-state index contributed by atoms with van der Waals surface area (Å²) in [6, 6.07) is 20.4. The lowest BCUT2D eigenvalue weighted by Gasteiger charge is -2.34. The molecular formula is C39H43N7O5. The predicted molar refractivity (Wildman–Crippen MR) is 199 cm³/mol. The van der Waals surface area contributed by atoms with E-state index in [0.29, 0.717) is 42.3 Å². The van der Waals surface area contributed by atoms with Gasteiger partial charge in [-0.15, -0.1) is 0 Å². The van der Waals surface area contributed by atoms with Gasteiger partial charge in [0.05, 0.1) is 26.0 Å². The number of aromatic nitrogens is 3. The minimum atomic E-state index is -0.380. The highest BCUT2D eigenvalue weighted by molar-refractivity contribution is 6.01. The van der Waals surface area contributed by atoms with Crippen molar-refractivity contribution in [3.63, 3.8) is 0 Å². The summed E-state index contributed by atoms with van der Waals surface area (Å²) in [5, 5.41) is 16.8. The summed E-state index contributed by atoms with van der Waals surface area (Å²) in [5.74, 6) is 1.52. The Labute approximate surface area is 296 Å². The lowest BCUT2D eigenvalue weighted by molar-refractivity contribution is -0.133. The molecule has 3 aromatic carbocycles. The van der Waals surface area contributed by atoms with Gasteiger partial charge in [-0.1, -0.05) is 12.1 Å². The third-order valence-electron chi connectivity index (χ3n) is 10.1. The highest BCUT2D eigenvalue weighted by Gasteiger charge is 2.26. The van der Waals surface area contributed by atoms with E-state index in [2.05, 4.69) is 67.4 Å². The topological polar surface area (TPSA) is 143 Å². The monoisotopic (exact) mass is 689 g/mol. The molecule has 1 atom stereocenters. The molecule has 2 amide bonds. The minimum absolute atomic E-state index is 0.135. The largest absolute Gasteiger partial charge is 0.496 e. The van der Waals surface area contributed by atoms with Crippen molar-refractivity contribution in [3.8, 4) is 22.6 Å². The zero-order chi connectivity index (χ0) is 35.5. The van der Waals surface area contributed by atoms with E-state index >= 15 is 0 Å². The number of amides is 2. The fourth-order valence-electron chi connectivity index (χ4n) is 7.17. The molecule has 0 aliphatic carbocycles. The lowest BCUT2D eigenvalue weighted by atomic mass is 9.90. The molecule has 12 heteroatoms. The Balaban J connectivity index is 0.931.